The van der Waals surface area contributed by atoms with E-state index in [0.29, 0.717) is 11.0 Å². The summed E-state index contributed by atoms with van der Waals surface area (Å²) in [6, 6.07) is 1.95. The third-order valence-electron chi connectivity index (χ3n) is 3.10. The number of hydrogen-bond acceptors (Lipinski definition) is 3. The summed E-state index contributed by atoms with van der Waals surface area (Å²) in [5, 5.41) is 0.592. The molecule has 0 amide bonds. The molecule has 0 radical (unpaired) electrons. The van der Waals surface area contributed by atoms with Gasteiger partial charge in [-0.05, 0) is 47.7 Å². The van der Waals surface area contributed by atoms with E-state index >= 15 is 0 Å². The summed E-state index contributed by atoms with van der Waals surface area (Å²) in [4.78, 5) is 13.2. The molecule has 0 unspecified atom stereocenters. The Balaban J connectivity index is 2.11. The Morgan fingerprint density at radius 2 is 1.94 bits per heavy atom. The summed E-state index contributed by atoms with van der Waals surface area (Å²) < 4.78 is 0.914. The molecule has 5 heteroatoms. The average molecular weight is 325 g/mol. The smallest absolute Gasteiger partial charge is 0.162 e. The summed E-state index contributed by atoms with van der Waals surface area (Å²) in [5.41, 5.74) is 3.10. The number of halogens is 2. The van der Waals surface area contributed by atoms with Gasteiger partial charge in [0.1, 0.15) is 5.15 Å². The van der Waals surface area contributed by atoms with Gasteiger partial charge in [-0.25, -0.2) is 9.97 Å². The molecule has 0 saturated carbocycles. The van der Waals surface area contributed by atoms with Gasteiger partial charge in [-0.1, -0.05) is 11.6 Å². The first-order chi connectivity index (χ1) is 8.74. The maximum atomic E-state index is 6.25. The molecule has 0 bridgehead atoms. The van der Waals surface area contributed by atoms with Crippen molar-refractivity contribution in [2.75, 3.05) is 0 Å². The van der Waals surface area contributed by atoms with Gasteiger partial charge in [0, 0.05) is 33.7 Å². The third-order valence-corrected chi connectivity index (χ3v) is 3.84. The Morgan fingerprint density at radius 3 is 2.78 bits per heavy atom. The zero-order valence-electron chi connectivity index (χ0n) is 9.66. The van der Waals surface area contributed by atoms with E-state index in [9.17, 15) is 0 Å². The molecule has 0 atom stereocenters. The van der Waals surface area contributed by atoms with Crippen LogP contribution >= 0.6 is 27.5 Å². The molecule has 1 aliphatic carbocycles. The quantitative estimate of drug-likeness (QED) is 0.748. The Labute approximate surface area is 119 Å². The molecule has 0 aromatic carbocycles. The topological polar surface area (TPSA) is 38.7 Å². The minimum atomic E-state index is 0.592. The molecule has 3 nitrogen and oxygen atoms in total. The maximum Gasteiger partial charge on any atom is 0.162 e. The van der Waals surface area contributed by atoms with E-state index in [0.717, 1.165) is 34.1 Å². The second kappa shape index (κ2) is 4.94. The monoisotopic (exact) mass is 323 g/mol. The van der Waals surface area contributed by atoms with Gasteiger partial charge in [0.05, 0.1) is 0 Å². The first-order valence-electron chi connectivity index (χ1n) is 5.90. The maximum absolute atomic E-state index is 6.25. The van der Waals surface area contributed by atoms with E-state index in [4.69, 9.17) is 11.6 Å². The number of fused-ring (bicyclic) bond motifs is 1. The minimum Gasteiger partial charge on any atom is -0.263 e. The molecular formula is C13H11BrClN3. The highest BCUT2D eigenvalue weighted by Gasteiger charge is 2.17. The van der Waals surface area contributed by atoms with Gasteiger partial charge in [-0.15, -0.1) is 0 Å². The van der Waals surface area contributed by atoms with E-state index in [1.807, 2.05) is 6.07 Å². The molecule has 2 aromatic heterocycles. The molecular weight excluding hydrogens is 314 g/mol. The fraction of sp³-hybridized carbons (Fsp3) is 0.308. The van der Waals surface area contributed by atoms with Crippen LogP contribution in [0.3, 0.4) is 0 Å². The van der Waals surface area contributed by atoms with Crippen LogP contribution in [0, 0.1) is 0 Å². The third kappa shape index (κ3) is 2.27. The lowest BCUT2D eigenvalue weighted by Crippen LogP contribution is -2.08. The highest BCUT2D eigenvalue weighted by molar-refractivity contribution is 9.10. The Bertz CT molecular complexity index is 601. The van der Waals surface area contributed by atoms with E-state index in [1.165, 1.54) is 12.8 Å². The van der Waals surface area contributed by atoms with Crippen molar-refractivity contribution < 1.29 is 0 Å². The lowest BCUT2D eigenvalue weighted by molar-refractivity contribution is 0.663. The number of hydrogen-bond donors (Lipinski definition) is 0. The molecule has 2 heterocycles. The number of aromatic nitrogens is 3. The summed E-state index contributed by atoms with van der Waals surface area (Å²) in [5.74, 6) is 0.662. The normalized spacial score (nSPS) is 14.3. The number of pyridine rings is 1. The van der Waals surface area contributed by atoms with Crippen LogP contribution in [0.1, 0.15) is 24.1 Å². The molecule has 0 saturated heterocycles. The SMILES string of the molecule is Clc1nc(-c2cncc(Br)c2)nc2c1CCCC2. The Kier molecular flexibility index (Phi) is 3.31. The van der Waals surface area contributed by atoms with Crippen molar-refractivity contribution >= 4 is 27.5 Å². The van der Waals surface area contributed by atoms with Crippen molar-refractivity contribution in [1.82, 2.24) is 15.0 Å². The molecule has 0 spiro atoms. The predicted molar refractivity (Wildman–Crippen MR) is 74.6 cm³/mol. The second-order valence-corrected chi connectivity index (χ2v) is 5.64. The highest BCUT2D eigenvalue weighted by Crippen LogP contribution is 2.28. The van der Waals surface area contributed by atoms with Crippen LogP contribution < -0.4 is 0 Å². The van der Waals surface area contributed by atoms with Crippen molar-refractivity contribution in [2.45, 2.75) is 25.7 Å². The van der Waals surface area contributed by atoms with Crippen molar-refractivity contribution in [3.05, 3.63) is 39.3 Å². The van der Waals surface area contributed by atoms with E-state index in [1.54, 1.807) is 12.4 Å². The van der Waals surface area contributed by atoms with Gasteiger partial charge >= 0.3 is 0 Å². The summed E-state index contributed by atoms with van der Waals surface area (Å²) in [7, 11) is 0. The van der Waals surface area contributed by atoms with Crippen molar-refractivity contribution in [3.63, 3.8) is 0 Å². The van der Waals surface area contributed by atoms with Gasteiger partial charge in [0.25, 0.3) is 0 Å². The standard InChI is InChI=1S/C13H11BrClN3/c14-9-5-8(6-16-7-9)13-17-11-4-2-1-3-10(11)12(15)18-13/h5-7H,1-4H2. The molecule has 1 aliphatic rings. The lowest BCUT2D eigenvalue weighted by Gasteiger charge is -2.16. The van der Waals surface area contributed by atoms with Crippen LogP contribution in [0.4, 0.5) is 0 Å². The summed E-state index contributed by atoms with van der Waals surface area (Å²) in [6.07, 6.45) is 7.83. The first-order valence-corrected chi connectivity index (χ1v) is 7.07. The van der Waals surface area contributed by atoms with Crippen LogP contribution in [0.25, 0.3) is 11.4 Å². The highest BCUT2D eigenvalue weighted by atomic mass is 79.9. The molecule has 0 fully saturated rings. The zero-order valence-corrected chi connectivity index (χ0v) is 12.0. The summed E-state index contributed by atoms with van der Waals surface area (Å²) in [6.45, 7) is 0. The van der Waals surface area contributed by atoms with Crippen molar-refractivity contribution in [3.8, 4) is 11.4 Å². The van der Waals surface area contributed by atoms with Crippen LogP contribution in [-0.4, -0.2) is 15.0 Å². The zero-order chi connectivity index (χ0) is 12.5. The molecule has 0 N–H and O–H groups in total. The van der Waals surface area contributed by atoms with Crippen LogP contribution in [0.2, 0.25) is 5.15 Å². The van der Waals surface area contributed by atoms with Gasteiger partial charge in [-0.3, -0.25) is 4.98 Å². The van der Waals surface area contributed by atoms with Gasteiger partial charge in [-0.2, -0.15) is 0 Å². The van der Waals surface area contributed by atoms with Crippen molar-refractivity contribution in [2.24, 2.45) is 0 Å². The van der Waals surface area contributed by atoms with Crippen molar-refractivity contribution in [1.29, 1.82) is 0 Å². The lowest BCUT2D eigenvalue weighted by atomic mass is 9.97. The predicted octanol–water partition coefficient (Wildman–Crippen LogP) is 3.83. The fourth-order valence-electron chi connectivity index (χ4n) is 2.21. The van der Waals surface area contributed by atoms with Crippen LogP contribution in [0.5, 0.6) is 0 Å². The number of rotatable bonds is 1. The number of aryl methyl sites for hydroxylation is 1. The molecule has 92 valence electrons. The largest absolute Gasteiger partial charge is 0.263 e. The molecule has 0 aliphatic heterocycles. The van der Waals surface area contributed by atoms with E-state index in [-0.39, 0.29) is 0 Å². The van der Waals surface area contributed by atoms with Gasteiger partial charge in [0.2, 0.25) is 0 Å². The Hall–Kier alpha value is -1.00. The second-order valence-electron chi connectivity index (χ2n) is 4.36. The first kappa shape index (κ1) is 12.1. The molecule has 18 heavy (non-hydrogen) atoms. The van der Waals surface area contributed by atoms with Gasteiger partial charge in [0.15, 0.2) is 5.82 Å². The molecule has 2 aromatic rings. The fourth-order valence-corrected chi connectivity index (χ4v) is 2.86. The van der Waals surface area contributed by atoms with Gasteiger partial charge < -0.3 is 0 Å². The minimum absolute atomic E-state index is 0.592. The Morgan fingerprint density at radius 1 is 1.11 bits per heavy atom. The number of nitrogens with zero attached hydrogens (tertiary/aromatic N) is 3. The van der Waals surface area contributed by atoms with Crippen LogP contribution in [0.15, 0.2) is 22.9 Å². The van der Waals surface area contributed by atoms with E-state index in [2.05, 4.69) is 30.9 Å². The van der Waals surface area contributed by atoms with E-state index < -0.39 is 0 Å². The summed E-state index contributed by atoms with van der Waals surface area (Å²) >= 11 is 9.66. The molecule has 3 rings (SSSR count). The average Bonchev–Trinajstić information content (AvgIpc) is 2.39. The van der Waals surface area contributed by atoms with Crippen LogP contribution in [-0.2, 0) is 12.8 Å².